The Kier molecular flexibility index (Phi) is 4.99. The quantitative estimate of drug-likeness (QED) is 0.582. The molecule has 0 aliphatic carbocycles. The number of halogens is 3. The lowest BCUT2D eigenvalue weighted by Gasteiger charge is -2.03. The van der Waals surface area contributed by atoms with Crippen molar-refractivity contribution in [3.63, 3.8) is 0 Å². The van der Waals surface area contributed by atoms with Gasteiger partial charge < -0.3 is 4.74 Å². The zero-order chi connectivity index (χ0) is 15.4. The number of ether oxygens (including phenoxy) is 1. The Labute approximate surface area is 131 Å². The largest absolute Gasteiger partial charge is 0.494 e. The highest BCUT2D eigenvalue weighted by Crippen LogP contribution is 2.23. The highest BCUT2D eigenvalue weighted by molar-refractivity contribution is 6.35. The van der Waals surface area contributed by atoms with Gasteiger partial charge in [-0.3, -0.25) is 4.79 Å². The van der Waals surface area contributed by atoms with E-state index < -0.39 is 5.82 Å². The molecule has 2 aromatic carbocycles. The molecule has 21 heavy (non-hydrogen) atoms. The van der Waals surface area contributed by atoms with Crippen molar-refractivity contribution in [3.8, 4) is 5.75 Å². The van der Waals surface area contributed by atoms with E-state index in [1.54, 1.807) is 24.3 Å². The van der Waals surface area contributed by atoms with Crippen molar-refractivity contribution >= 4 is 35.1 Å². The highest BCUT2D eigenvalue weighted by Gasteiger charge is 2.08. The maximum absolute atomic E-state index is 13.5. The van der Waals surface area contributed by atoms with Crippen LogP contribution in [0.4, 0.5) is 4.39 Å². The minimum absolute atomic E-state index is 0.0938. The van der Waals surface area contributed by atoms with Gasteiger partial charge in [0.15, 0.2) is 17.3 Å². The fourth-order valence-corrected chi connectivity index (χ4v) is 2.19. The molecule has 0 fully saturated rings. The van der Waals surface area contributed by atoms with Crippen LogP contribution in [0.3, 0.4) is 0 Å². The van der Waals surface area contributed by atoms with Gasteiger partial charge >= 0.3 is 0 Å². The van der Waals surface area contributed by atoms with Crippen molar-refractivity contribution in [3.05, 3.63) is 69.5 Å². The van der Waals surface area contributed by atoms with Crippen molar-refractivity contribution in [1.82, 2.24) is 0 Å². The molecule has 0 saturated heterocycles. The van der Waals surface area contributed by atoms with E-state index in [1.807, 2.05) is 0 Å². The van der Waals surface area contributed by atoms with E-state index in [1.165, 1.54) is 25.3 Å². The summed E-state index contributed by atoms with van der Waals surface area (Å²) in [6, 6.07) is 8.99. The van der Waals surface area contributed by atoms with Crippen LogP contribution >= 0.6 is 23.2 Å². The second-order valence-electron chi connectivity index (χ2n) is 4.21. The average Bonchev–Trinajstić information content (AvgIpc) is 2.46. The summed E-state index contributed by atoms with van der Waals surface area (Å²) in [5, 5.41) is 0.952. The number of carbonyl (C=O) groups excluding carboxylic acids is 1. The monoisotopic (exact) mass is 324 g/mol. The maximum Gasteiger partial charge on any atom is 0.185 e. The zero-order valence-corrected chi connectivity index (χ0v) is 12.6. The number of benzene rings is 2. The average molecular weight is 325 g/mol. The molecule has 0 N–H and O–H groups in total. The number of carbonyl (C=O) groups is 1. The molecule has 0 aliphatic heterocycles. The Morgan fingerprint density at radius 2 is 1.95 bits per heavy atom. The van der Waals surface area contributed by atoms with Gasteiger partial charge in [-0.05, 0) is 48.0 Å². The van der Waals surface area contributed by atoms with Crippen LogP contribution in [-0.2, 0) is 0 Å². The van der Waals surface area contributed by atoms with E-state index >= 15 is 0 Å². The predicted octanol–water partition coefficient (Wildman–Crippen LogP) is 5.04. The Morgan fingerprint density at radius 1 is 1.19 bits per heavy atom. The molecule has 0 aromatic heterocycles. The molecular formula is C16H11Cl2FO2. The van der Waals surface area contributed by atoms with Crippen LogP contribution in [0.15, 0.2) is 42.5 Å². The van der Waals surface area contributed by atoms with Gasteiger partial charge in [-0.2, -0.15) is 0 Å². The summed E-state index contributed by atoms with van der Waals surface area (Å²) in [7, 11) is 1.36. The van der Waals surface area contributed by atoms with Crippen LogP contribution in [-0.4, -0.2) is 12.9 Å². The third kappa shape index (κ3) is 3.84. The summed E-state index contributed by atoms with van der Waals surface area (Å²) < 4.78 is 18.3. The molecule has 2 nitrogen and oxygen atoms in total. The van der Waals surface area contributed by atoms with Crippen molar-refractivity contribution in [1.29, 1.82) is 0 Å². The molecule has 5 heteroatoms. The molecule has 0 unspecified atom stereocenters. The van der Waals surface area contributed by atoms with Gasteiger partial charge in [-0.1, -0.05) is 29.3 Å². The summed E-state index contributed by atoms with van der Waals surface area (Å²) in [5.41, 5.74) is 0.887. The molecule has 108 valence electrons. The van der Waals surface area contributed by atoms with Gasteiger partial charge in [-0.15, -0.1) is 0 Å². The number of allylic oxidation sites excluding steroid dienone is 1. The molecule has 0 aliphatic rings. The maximum atomic E-state index is 13.5. The number of hydrogen-bond acceptors (Lipinski definition) is 2. The first kappa shape index (κ1) is 15.5. The first-order valence-electron chi connectivity index (χ1n) is 6.02. The van der Waals surface area contributed by atoms with E-state index in [-0.39, 0.29) is 17.1 Å². The van der Waals surface area contributed by atoms with Crippen LogP contribution < -0.4 is 4.74 Å². The molecule has 0 bridgehead atoms. The SMILES string of the molecule is COc1ccc(C(=O)/C=C\c2ccc(Cl)cc2Cl)cc1F. The molecule has 0 atom stereocenters. The van der Waals surface area contributed by atoms with E-state index in [2.05, 4.69) is 0 Å². The number of ketones is 1. The summed E-state index contributed by atoms with van der Waals surface area (Å²) in [4.78, 5) is 12.0. The Morgan fingerprint density at radius 3 is 2.57 bits per heavy atom. The molecule has 0 saturated carbocycles. The number of rotatable bonds is 4. The van der Waals surface area contributed by atoms with E-state index in [0.717, 1.165) is 6.07 Å². The van der Waals surface area contributed by atoms with Gasteiger partial charge in [0, 0.05) is 15.6 Å². The van der Waals surface area contributed by atoms with Gasteiger partial charge in [0.2, 0.25) is 0 Å². The van der Waals surface area contributed by atoms with Crippen molar-refractivity contribution in [2.75, 3.05) is 7.11 Å². The third-order valence-corrected chi connectivity index (χ3v) is 3.38. The Bertz CT molecular complexity index is 711. The Balaban J connectivity index is 2.21. The standard InChI is InChI=1S/C16H11Cl2FO2/c1-21-16-7-4-11(8-14(16)19)15(20)6-3-10-2-5-12(17)9-13(10)18/h2-9H,1H3/b6-3-. The van der Waals surface area contributed by atoms with E-state index in [0.29, 0.717) is 15.6 Å². The van der Waals surface area contributed by atoms with Crippen molar-refractivity contribution < 1.29 is 13.9 Å². The fraction of sp³-hybridized carbons (Fsp3) is 0.0625. The van der Waals surface area contributed by atoms with Crippen LogP contribution in [0, 0.1) is 5.82 Å². The first-order chi connectivity index (χ1) is 10.0. The smallest absolute Gasteiger partial charge is 0.185 e. The van der Waals surface area contributed by atoms with Gasteiger partial charge in [0.05, 0.1) is 7.11 Å². The molecule has 0 heterocycles. The number of hydrogen-bond donors (Lipinski definition) is 0. The molecule has 2 aromatic rings. The minimum Gasteiger partial charge on any atom is -0.494 e. The summed E-state index contributed by atoms with van der Waals surface area (Å²) >= 11 is 11.8. The van der Waals surface area contributed by atoms with Gasteiger partial charge in [-0.25, -0.2) is 4.39 Å². The molecule has 2 rings (SSSR count). The third-order valence-electron chi connectivity index (χ3n) is 2.81. The first-order valence-corrected chi connectivity index (χ1v) is 6.78. The second kappa shape index (κ2) is 6.74. The van der Waals surface area contributed by atoms with Gasteiger partial charge in [0.25, 0.3) is 0 Å². The lowest BCUT2D eigenvalue weighted by Crippen LogP contribution is -1.97. The van der Waals surface area contributed by atoms with Crippen LogP contribution in [0.5, 0.6) is 5.75 Å². The van der Waals surface area contributed by atoms with Crippen molar-refractivity contribution in [2.24, 2.45) is 0 Å². The predicted molar refractivity (Wildman–Crippen MR) is 82.8 cm³/mol. The number of methoxy groups -OCH3 is 1. The fourth-order valence-electron chi connectivity index (χ4n) is 1.72. The van der Waals surface area contributed by atoms with Gasteiger partial charge in [0.1, 0.15) is 0 Å². The van der Waals surface area contributed by atoms with Crippen molar-refractivity contribution in [2.45, 2.75) is 0 Å². The zero-order valence-electron chi connectivity index (χ0n) is 11.1. The summed E-state index contributed by atoms with van der Waals surface area (Å²) in [5.74, 6) is -0.819. The van der Waals surface area contributed by atoms with E-state index in [4.69, 9.17) is 27.9 Å². The molecule has 0 spiro atoms. The highest BCUT2D eigenvalue weighted by atomic mass is 35.5. The van der Waals surface area contributed by atoms with Crippen LogP contribution in [0.2, 0.25) is 10.0 Å². The second-order valence-corrected chi connectivity index (χ2v) is 5.06. The minimum atomic E-state index is -0.582. The molecule has 0 radical (unpaired) electrons. The molecular weight excluding hydrogens is 314 g/mol. The summed E-state index contributed by atoms with van der Waals surface area (Å²) in [6.07, 6.45) is 2.89. The van der Waals surface area contributed by atoms with Crippen LogP contribution in [0.25, 0.3) is 6.08 Å². The van der Waals surface area contributed by atoms with E-state index in [9.17, 15) is 9.18 Å². The topological polar surface area (TPSA) is 26.3 Å². The lowest BCUT2D eigenvalue weighted by atomic mass is 10.1. The normalized spacial score (nSPS) is 10.9. The molecule has 0 amide bonds. The Hall–Kier alpha value is -1.84. The lowest BCUT2D eigenvalue weighted by molar-refractivity contribution is 0.104. The summed E-state index contributed by atoms with van der Waals surface area (Å²) in [6.45, 7) is 0. The van der Waals surface area contributed by atoms with Crippen LogP contribution in [0.1, 0.15) is 15.9 Å².